The standard InChI is InChI=1S/C24H21Cl2NO3/c25-20-16-21(26)23(28)27(15-14-18-10-12-19(13-11-18)24(29)30)22(20)9-5-4-8-17-6-2-1-3-7-17/h1-3,5-7,9-13,16H,4,8,14-15H2,(H,29,30). The molecule has 4 nitrogen and oxygen atoms in total. The number of rotatable bonds is 8. The molecule has 0 aliphatic carbocycles. The number of allylic oxidation sites excluding steroid dienone is 1. The number of aryl methyl sites for hydroxylation is 2. The van der Waals surface area contributed by atoms with Gasteiger partial charge in [-0.3, -0.25) is 4.79 Å². The summed E-state index contributed by atoms with van der Waals surface area (Å²) in [7, 11) is 0. The lowest BCUT2D eigenvalue weighted by Crippen LogP contribution is -2.24. The first kappa shape index (κ1) is 21.9. The predicted octanol–water partition coefficient (Wildman–Crippen LogP) is 5.74. The van der Waals surface area contributed by atoms with Crippen LogP contribution in [0.2, 0.25) is 10.0 Å². The molecule has 0 saturated carbocycles. The molecule has 2 aromatic carbocycles. The SMILES string of the molecule is O=C(O)c1ccc(CCn2c(C=CCCc3ccccc3)c(Cl)cc(Cl)c2=O)cc1. The lowest BCUT2D eigenvalue weighted by Gasteiger charge is -2.13. The van der Waals surface area contributed by atoms with Crippen molar-refractivity contribution in [2.45, 2.75) is 25.8 Å². The lowest BCUT2D eigenvalue weighted by molar-refractivity contribution is 0.0697. The number of benzene rings is 2. The Morgan fingerprint density at radius 2 is 1.60 bits per heavy atom. The zero-order valence-corrected chi connectivity index (χ0v) is 17.7. The van der Waals surface area contributed by atoms with Crippen molar-refractivity contribution in [1.29, 1.82) is 0 Å². The summed E-state index contributed by atoms with van der Waals surface area (Å²) in [5.74, 6) is -0.970. The van der Waals surface area contributed by atoms with Crippen LogP contribution < -0.4 is 5.56 Å². The predicted molar refractivity (Wildman–Crippen MR) is 122 cm³/mol. The first-order valence-corrected chi connectivity index (χ1v) is 10.3. The van der Waals surface area contributed by atoms with E-state index in [0.717, 1.165) is 18.4 Å². The van der Waals surface area contributed by atoms with Gasteiger partial charge in [0.15, 0.2) is 0 Å². The van der Waals surface area contributed by atoms with Crippen molar-refractivity contribution in [1.82, 2.24) is 4.57 Å². The van der Waals surface area contributed by atoms with Gasteiger partial charge in [0.05, 0.1) is 16.3 Å². The third kappa shape index (κ3) is 5.62. The van der Waals surface area contributed by atoms with Crippen molar-refractivity contribution in [3.63, 3.8) is 0 Å². The maximum Gasteiger partial charge on any atom is 0.335 e. The lowest BCUT2D eigenvalue weighted by atomic mass is 10.1. The second-order valence-corrected chi connectivity index (χ2v) is 7.68. The van der Waals surface area contributed by atoms with Gasteiger partial charge in [0.1, 0.15) is 5.02 Å². The fourth-order valence-electron chi connectivity index (χ4n) is 3.15. The molecule has 0 bridgehead atoms. The van der Waals surface area contributed by atoms with Crippen LogP contribution in [0.1, 0.15) is 33.6 Å². The van der Waals surface area contributed by atoms with Crippen molar-refractivity contribution in [2.24, 2.45) is 0 Å². The molecule has 0 unspecified atom stereocenters. The van der Waals surface area contributed by atoms with E-state index in [4.69, 9.17) is 28.3 Å². The van der Waals surface area contributed by atoms with E-state index in [9.17, 15) is 9.59 Å². The zero-order chi connectivity index (χ0) is 21.5. The molecule has 0 aliphatic heterocycles. The number of pyridine rings is 1. The minimum atomic E-state index is -0.970. The van der Waals surface area contributed by atoms with Gasteiger partial charge < -0.3 is 9.67 Å². The van der Waals surface area contributed by atoms with Gasteiger partial charge in [-0.15, -0.1) is 0 Å². The Morgan fingerprint density at radius 3 is 2.27 bits per heavy atom. The Labute approximate surface area is 185 Å². The summed E-state index contributed by atoms with van der Waals surface area (Å²) in [4.78, 5) is 23.6. The normalized spacial score (nSPS) is 11.1. The molecule has 1 aromatic heterocycles. The molecule has 30 heavy (non-hydrogen) atoms. The fraction of sp³-hybridized carbons (Fsp3) is 0.167. The Balaban J connectivity index is 1.76. The summed E-state index contributed by atoms with van der Waals surface area (Å²) in [6, 6.07) is 18.2. The molecule has 3 aromatic rings. The summed E-state index contributed by atoms with van der Waals surface area (Å²) < 4.78 is 1.56. The number of carboxylic acid groups (broad SMARTS) is 1. The van der Waals surface area contributed by atoms with Gasteiger partial charge in [0, 0.05) is 6.54 Å². The van der Waals surface area contributed by atoms with Crippen LogP contribution in [0.4, 0.5) is 0 Å². The number of nitrogens with zero attached hydrogens (tertiary/aromatic N) is 1. The first-order chi connectivity index (χ1) is 14.5. The van der Waals surface area contributed by atoms with Crippen molar-refractivity contribution < 1.29 is 9.90 Å². The molecule has 0 fully saturated rings. The molecule has 0 atom stereocenters. The fourth-order valence-corrected chi connectivity index (χ4v) is 3.69. The van der Waals surface area contributed by atoms with Crippen molar-refractivity contribution in [3.05, 3.63) is 110 Å². The van der Waals surface area contributed by atoms with Crippen LogP contribution in [-0.2, 0) is 19.4 Å². The summed E-state index contributed by atoms with van der Waals surface area (Å²) >= 11 is 12.4. The maximum absolute atomic E-state index is 12.6. The van der Waals surface area contributed by atoms with Crippen molar-refractivity contribution >= 4 is 35.2 Å². The van der Waals surface area contributed by atoms with Crippen LogP contribution in [-0.4, -0.2) is 15.6 Å². The third-order valence-electron chi connectivity index (χ3n) is 4.78. The van der Waals surface area contributed by atoms with Crippen LogP contribution in [0.15, 0.2) is 71.5 Å². The Hall–Kier alpha value is -2.82. The van der Waals surface area contributed by atoms with Gasteiger partial charge in [-0.1, -0.05) is 71.7 Å². The number of aromatic nitrogens is 1. The molecule has 1 heterocycles. The van der Waals surface area contributed by atoms with E-state index in [1.165, 1.54) is 11.6 Å². The van der Waals surface area contributed by atoms with E-state index in [1.807, 2.05) is 30.4 Å². The molecule has 3 rings (SSSR count). The van der Waals surface area contributed by atoms with Gasteiger partial charge in [0.2, 0.25) is 0 Å². The van der Waals surface area contributed by atoms with E-state index in [2.05, 4.69) is 12.1 Å². The molecule has 0 radical (unpaired) electrons. The summed E-state index contributed by atoms with van der Waals surface area (Å²) in [5, 5.41) is 9.50. The highest BCUT2D eigenvalue weighted by Gasteiger charge is 2.11. The van der Waals surface area contributed by atoms with Crippen LogP contribution >= 0.6 is 23.2 Å². The Morgan fingerprint density at radius 1 is 0.933 bits per heavy atom. The Bertz CT molecular complexity index is 1100. The van der Waals surface area contributed by atoms with E-state index >= 15 is 0 Å². The molecular weight excluding hydrogens is 421 g/mol. The molecule has 0 amide bonds. The van der Waals surface area contributed by atoms with Gasteiger partial charge in [-0.25, -0.2) is 4.79 Å². The smallest absolute Gasteiger partial charge is 0.335 e. The summed E-state index contributed by atoms with van der Waals surface area (Å²) in [5.41, 5.74) is 2.70. The van der Waals surface area contributed by atoms with Crippen LogP contribution in [0.5, 0.6) is 0 Å². The molecule has 154 valence electrons. The topological polar surface area (TPSA) is 59.3 Å². The summed E-state index contributed by atoms with van der Waals surface area (Å²) in [6.45, 7) is 0.379. The van der Waals surface area contributed by atoms with Crippen LogP contribution in [0.3, 0.4) is 0 Å². The number of hydrogen-bond donors (Lipinski definition) is 1. The number of carboxylic acids is 1. The zero-order valence-electron chi connectivity index (χ0n) is 16.2. The largest absolute Gasteiger partial charge is 0.478 e. The van der Waals surface area contributed by atoms with Gasteiger partial charge in [-0.05, 0) is 54.7 Å². The number of aromatic carboxylic acids is 1. The average molecular weight is 442 g/mol. The molecule has 0 spiro atoms. The minimum Gasteiger partial charge on any atom is -0.478 e. The van der Waals surface area contributed by atoms with Gasteiger partial charge in [0.25, 0.3) is 5.56 Å². The maximum atomic E-state index is 12.6. The Kier molecular flexibility index (Phi) is 7.50. The van der Waals surface area contributed by atoms with Crippen LogP contribution in [0.25, 0.3) is 6.08 Å². The molecule has 0 aliphatic rings. The highest BCUT2D eigenvalue weighted by molar-refractivity contribution is 6.35. The van der Waals surface area contributed by atoms with E-state index < -0.39 is 5.97 Å². The van der Waals surface area contributed by atoms with Crippen LogP contribution in [0, 0.1) is 0 Å². The molecule has 0 saturated heterocycles. The van der Waals surface area contributed by atoms with E-state index in [0.29, 0.717) is 23.7 Å². The van der Waals surface area contributed by atoms with Crippen molar-refractivity contribution in [3.8, 4) is 0 Å². The second kappa shape index (κ2) is 10.3. The highest BCUT2D eigenvalue weighted by atomic mass is 35.5. The average Bonchev–Trinajstić information content (AvgIpc) is 2.75. The van der Waals surface area contributed by atoms with Gasteiger partial charge >= 0.3 is 5.97 Å². The van der Waals surface area contributed by atoms with Crippen molar-refractivity contribution in [2.75, 3.05) is 0 Å². The number of halogens is 2. The minimum absolute atomic E-state index is 0.0719. The molecule has 1 N–H and O–H groups in total. The third-order valence-corrected chi connectivity index (χ3v) is 5.36. The monoisotopic (exact) mass is 441 g/mol. The number of carbonyl (C=O) groups is 1. The van der Waals surface area contributed by atoms with Gasteiger partial charge in [-0.2, -0.15) is 0 Å². The highest BCUT2D eigenvalue weighted by Crippen LogP contribution is 2.20. The molecular formula is C24H21Cl2NO3. The second-order valence-electron chi connectivity index (χ2n) is 6.86. The first-order valence-electron chi connectivity index (χ1n) is 9.57. The number of hydrogen-bond acceptors (Lipinski definition) is 2. The quantitative estimate of drug-likeness (QED) is 0.484. The van der Waals surface area contributed by atoms with E-state index in [1.54, 1.807) is 28.8 Å². The summed E-state index contributed by atoms with van der Waals surface area (Å²) in [6.07, 6.45) is 6.11. The molecule has 6 heteroatoms. The van der Waals surface area contributed by atoms with E-state index in [-0.39, 0.29) is 16.1 Å².